The lowest BCUT2D eigenvalue weighted by Gasteiger charge is -2.22. The zero-order valence-corrected chi connectivity index (χ0v) is 16.9. The maximum absolute atomic E-state index is 12.5. The van der Waals surface area contributed by atoms with Crippen molar-refractivity contribution >= 4 is 46.4 Å². The highest BCUT2D eigenvalue weighted by molar-refractivity contribution is 6.36. The summed E-state index contributed by atoms with van der Waals surface area (Å²) < 4.78 is 0. The molecule has 5 nitrogen and oxygen atoms in total. The number of rotatable bonds is 6. The topological polar surface area (TPSA) is 70.2 Å². The Bertz CT molecular complexity index is 851. The van der Waals surface area contributed by atoms with Gasteiger partial charge < -0.3 is 16.0 Å². The second-order valence-corrected chi connectivity index (χ2v) is 7.76. The van der Waals surface area contributed by atoms with E-state index >= 15 is 0 Å². The minimum Gasteiger partial charge on any atom is -0.376 e. The standard InChI is InChI=1S/C21H23Cl2N3O2/c22-15-9-10-19(18(23)12-15)26-20(27)13-24-17-8-4-5-14(11-17)21(28)25-16-6-2-1-3-7-16/h4-5,8-12,16,24H,1-3,6-7,13H2,(H,25,28)(H,26,27). The molecule has 2 aromatic rings. The molecule has 28 heavy (non-hydrogen) atoms. The SMILES string of the molecule is O=C(CNc1cccc(C(=O)NC2CCCCC2)c1)Nc1ccc(Cl)cc1Cl. The Morgan fingerprint density at radius 1 is 1.00 bits per heavy atom. The molecular weight excluding hydrogens is 397 g/mol. The molecule has 2 amide bonds. The summed E-state index contributed by atoms with van der Waals surface area (Å²) >= 11 is 11.9. The van der Waals surface area contributed by atoms with E-state index in [9.17, 15) is 9.59 Å². The Morgan fingerprint density at radius 3 is 2.54 bits per heavy atom. The molecule has 0 bridgehead atoms. The van der Waals surface area contributed by atoms with Crippen LogP contribution in [0.1, 0.15) is 42.5 Å². The molecule has 0 unspecified atom stereocenters. The van der Waals surface area contributed by atoms with Crippen LogP contribution < -0.4 is 16.0 Å². The molecule has 0 atom stereocenters. The van der Waals surface area contributed by atoms with E-state index in [0.717, 1.165) is 12.8 Å². The van der Waals surface area contributed by atoms with Gasteiger partial charge in [-0.3, -0.25) is 9.59 Å². The molecule has 0 aliphatic heterocycles. The summed E-state index contributed by atoms with van der Waals surface area (Å²) in [4.78, 5) is 24.6. The lowest BCUT2D eigenvalue weighted by atomic mass is 9.95. The molecule has 1 fully saturated rings. The molecule has 148 valence electrons. The van der Waals surface area contributed by atoms with Crippen molar-refractivity contribution in [1.29, 1.82) is 0 Å². The van der Waals surface area contributed by atoms with Crippen LogP contribution >= 0.6 is 23.2 Å². The van der Waals surface area contributed by atoms with E-state index in [4.69, 9.17) is 23.2 Å². The summed E-state index contributed by atoms with van der Waals surface area (Å²) in [7, 11) is 0. The number of hydrogen-bond acceptors (Lipinski definition) is 3. The van der Waals surface area contributed by atoms with Gasteiger partial charge in [0.2, 0.25) is 5.91 Å². The fraction of sp³-hybridized carbons (Fsp3) is 0.333. The second-order valence-electron chi connectivity index (χ2n) is 6.92. The maximum atomic E-state index is 12.5. The number of halogens is 2. The Kier molecular flexibility index (Phi) is 7.18. The molecule has 0 spiro atoms. The molecule has 0 saturated heterocycles. The maximum Gasteiger partial charge on any atom is 0.251 e. The second kappa shape index (κ2) is 9.80. The Balaban J connectivity index is 1.53. The summed E-state index contributed by atoms with van der Waals surface area (Å²) in [6, 6.07) is 12.3. The first-order valence-electron chi connectivity index (χ1n) is 9.41. The molecule has 2 aromatic carbocycles. The van der Waals surface area contributed by atoms with Gasteiger partial charge in [0.05, 0.1) is 17.3 Å². The zero-order valence-electron chi connectivity index (χ0n) is 15.4. The predicted molar refractivity (Wildman–Crippen MR) is 114 cm³/mol. The highest BCUT2D eigenvalue weighted by Gasteiger charge is 2.16. The van der Waals surface area contributed by atoms with E-state index in [-0.39, 0.29) is 24.4 Å². The molecule has 1 aliphatic carbocycles. The Morgan fingerprint density at radius 2 is 1.79 bits per heavy atom. The predicted octanol–water partition coefficient (Wildman–Crippen LogP) is 5.11. The number of anilines is 2. The number of nitrogens with one attached hydrogen (secondary N) is 3. The van der Waals surface area contributed by atoms with Crippen molar-refractivity contribution < 1.29 is 9.59 Å². The quantitative estimate of drug-likeness (QED) is 0.609. The van der Waals surface area contributed by atoms with Gasteiger partial charge in [0, 0.05) is 22.3 Å². The number of carbonyl (C=O) groups excluding carboxylic acids is 2. The van der Waals surface area contributed by atoms with Crippen molar-refractivity contribution in [1.82, 2.24) is 5.32 Å². The summed E-state index contributed by atoms with van der Waals surface area (Å²) in [5.41, 5.74) is 1.78. The minimum absolute atomic E-state index is 0.0483. The van der Waals surface area contributed by atoms with Gasteiger partial charge in [0.1, 0.15) is 0 Å². The molecular formula is C21H23Cl2N3O2. The van der Waals surface area contributed by atoms with Crippen LogP contribution in [0.4, 0.5) is 11.4 Å². The summed E-state index contributed by atoms with van der Waals surface area (Å²) in [5, 5.41) is 9.74. The van der Waals surface area contributed by atoms with E-state index in [1.54, 1.807) is 36.4 Å². The highest BCUT2D eigenvalue weighted by Crippen LogP contribution is 2.25. The van der Waals surface area contributed by atoms with Crippen molar-refractivity contribution in [3.8, 4) is 0 Å². The van der Waals surface area contributed by atoms with Crippen LogP contribution in [0.5, 0.6) is 0 Å². The number of amides is 2. The third-order valence-electron chi connectivity index (χ3n) is 4.72. The molecule has 0 heterocycles. The van der Waals surface area contributed by atoms with Crippen LogP contribution in [-0.4, -0.2) is 24.4 Å². The van der Waals surface area contributed by atoms with E-state index in [1.807, 2.05) is 6.07 Å². The van der Waals surface area contributed by atoms with Crippen molar-refractivity contribution in [3.63, 3.8) is 0 Å². The van der Waals surface area contributed by atoms with Gasteiger partial charge in [-0.2, -0.15) is 0 Å². The molecule has 1 aliphatic rings. The molecule has 0 aromatic heterocycles. The average Bonchev–Trinajstić information content (AvgIpc) is 2.69. The van der Waals surface area contributed by atoms with Crippen molar-refractivity contribution in [2.45, 2.75) is 38.1 Å². The van der Waals surface area contributed by atoms with Crippen molar-refractivity contribution in [2.24, 2.45) is 0 Å². The summed E-state index contributed by atoms with van der Waals surface area (Å²) in [5.74, 6) is -0.325. The molecule has 3 N–H and O–H groups in total. The van der Waals surface area contributed by atoms with Crippen molar-refractivity contribution in [2.75, 3.05) is 17.2 Å². The number of benzene rings is 2. The fourth-order valence-corrected chi connectivity index (χ4v) is 3.71. The van der Waals surface area contributed by atoms with E-state index in [0.29, 0.717) is 27.0 Å². The van der Waals surface area contributed by atoms with Gasteiger partial charge in [-0.05, 0) is 49.2 Å². The lowest BCUT2D eigenvalue weighted by molar-refractivity contribution is -0.114. The van der Waals surface area contributed by atoms with Crippen LogP contribution in [0.15, 0.2) is 42.5 Å². The Labute approximate surface area is 174 Å². The van der Waals surface area contributed by atoms with Gasteiger partial charge in [0.15, 0.2) is 0 Å². The van der Waals surface area contributed by atoms with Gasteiger partial charge >= 0.3 is 0 Å². The van der Waals surface area contributed by atoms with E-state index in [1.165, 1.54) is 19.3 Å². The monoisotopic (exact) mass is 419 g/mol. The first-order chi connectivity index (χ1) is 13.5. The average molecular weight is 420 g/mol. The van der Waals surface area contributed by atoms with Crippen molar-refractivity contribution in [3.05, 3.63) is 58.1 Å². The first-order valence-corrected chi connectivity index (χ1v) is 10.2. The third-order valence-corrected chi connectivity index (χ3v) is 5.27. The van der Waals surface area contributed by atoms with Crippen LogP contribution in [0.2, 0.25) is 10.0 Å². The molecule has 7 heteroatoms. The van der Waals surface area contributed by atoms with E-state index < -0.39 is 0 Å². The number of carbonyl (C=O) groups is 2. The van der Waals surface area contributed by atoms with Crippen LogP contribution in [-0.2, 0) is 4.79 Å². The normalized spacial score (nSPS) is 14.4. The van der Waals surface area contributed by atoms with Crippen LogP contribution in [0.25, 0.3) is 0 Å². The van der Waals surface area contributed by atoms with Gasteiger partial charge in [-0.1, -0.05) is 48.5 Å². The molecule has 0 radical (unpaired) electrons. The van der Waals surface area contributed by atoms with Gasteiger partial charge in [0.25, 0.3) is 5.91 Å². The van der Waals surface area contributed by atoms with E-state index in [2.05, 4.69) is 16.0 Å². The lowest BCUT2D eigenvalue weighted by Crippen LogP contribution is -2.36. The fourth-order valence-electron chi connectivity index (χ4n) is 3.25. The summed E-state index contributed by atoms with van der Waals surface area (Å²) in [6.07, 6.45) is 5.65. The zero-order chi connectivity index (χ0) is 19.9. The molecule has 1 saturated carbocycles. The largest absolute Gasteiger partial charge is 0.376 e. The van der Waals surface area contributed by atoms with Crippen LogP contribution in [0, 0.1) is 0 Å². The van der Waals surface area contributed by atoms with Crippen LogP contribution in [0.3, 0.4) is 0 Å². The Hall–Kier alpha value is -2.24. The highest BCUT2D eigenvalue weighted by atomic mass is 35.5. The third kappa shape index (κ3) is 5.88. The minimum atomic E-state index is -0.249. The molecule has 3 rings (SSSR count). The smallest absolute Gasteiger partial charge is 0.251 e. The summed E-state index contributed by atoms with van der Waals surface area (Å²) in [6.45, 7) is 0.0483. The first kappa shape index (κ1) is 20.5. The van der Waals surface area contributed by atoms with Gasteiger partial charge in [-0.15, -0.1) is 0 Å². The number of hydrogen-bond donors (Lipinski definition) is 3. The van der Waals surface area contributed by atoms with Gasteiger partial charge in [-0.25, -0.2) is 0 Å².